The third-order valence-electron chi connectivity index (χ3n) is 4.93. The van der Waals surface area contributed by atoms with Crippen LogP contribution in [-0.2, 0) is 17.6 Å². The third kappa shape index (κ3) is 4.37. The molecule has 2 heterocycles. The Labute approximate surface area is 187 Å². The van der Waals surface area contributed by atoms with Crippen molar-refractivity contribution < 1.29 is 23.7 Å². The maximum absolute atomic E-state index is 6.63. The summed E-state index contributed by atoms with van der Waals surface area (Å²) in [6.45, 7) is 8.89. The smallest absolute Gasteiger partial charge is 0.231 e. The SMILES string of the molecule is CC(C)(Cc1c(Br)ccc2c1OCO2)OC(C)(C)Cc1c(Br)ccc2c1OCO2. The first-order valence-electron chi connectivity index (χ1n) is 9.49. The fourth-order valence-corrected chi connectivity index (χ4v) is 4.92. The van der Waals surface area contributed by atoms with Crippen molar-refractivity contribution in [1.82, 2.24) is 0 Å². The molecule has 0 unspecified atom stereocenters. The Morgan fingerprint density at radius 2 is 1.14 bits per heavy atom. The normalized spacial score (nSPS) is 15.1. The van der Waals surface area contributed by atoms with Gasteiger partial charge in [-0.25, -0.2) is 0 Å². The average Bonchev–Trinajstić information content (AvgIpc) is 3.28. The molecule has 156 valence electrons. The van der Waals surface area contributed by atoms with Gasteiger partial charge in [0.1, 0.15) is 0 Å². The second kappa shape index (κ2) is 7.67. The molecule has 4 rings (SSSR count). The van der Waals surface area contributed by atoms with Crippen molar-refractivity contribution in [1.29, 1.82) is 0 Å². The van der Waals surface area contributed by atoms with E-state index < -0.39 is 11.2 Å². The number of fused-ring (bicyclic) bond motifs is 2. The molecule has 7 heteroatoms. The second-order valence-corrected chi connectivity index (χ2v) is 10.2. The van der Waals surface area contributed by atoms with Gasteiger partial charge in [0, 0.05) is 32.9 Å². The van der Waals surface area contributed by atoms with E-state index in [-0.39, 0.29) is 13.6 Å². The molecule has 2 aromatic rings. The van der Waals surface area contributed by atoms with E-state index in [1.807, 2.05) is 24.3 Å². The van der Waals surface area contributed by atoms with Gasteiger partial charge >= 0.3 is 0 Å². The molecule has 0 fully saturated rings. The summed E-state index contributed by atoms with van der Waals surface area (Å²) in [5, 5.41) is 0. The molecule has 0 spiro atoms. The summed E-state index contributed by atoms with van der Waals surface area (Å²) in [5.74, 6) is 3.14. The zero-order valence-electron chi connectivity index (χ0n) is 16.9. The predicted octanol–water partition coefficient (Wildman–Crippen LogP) is 6.03. The highest BCUT2D eigenvalue weighted by atomic mass is 79.9. The number of halogens is 2. The number of rotatable bonds is 6. The molecule has 0 bridgehead atoms. The Balaban J connectivity index is 1.54. The van der Waals surface area contributed by atoms with E-state index in [1.165, 1.54) is 0 Å². The Kier molecular flexibility index (Phi) is 5.51. The highest BCUT2D eigenvalue weighted by molar-refractivity contribution is 9.10. The fourth-order valence-electron chi connectivity index (χ4n) is 4.01. The van der Waals surface area contributed by atoms with Crippen LogP contribution in [0, 0.1) is 0 Å². The van der Waals surface area contributed by atoms with Gasteiger partial charge in [0.15, 0.2) is 23.0 Å². The van der Waals surface area contributed by atoms with Crippen LogP contribution in [0.15, 0.2) is 33.2 Å². The lowest BCUT2D eigenvalue weighted by atomic mass is 9.93. The van der Waals surface area contributed by atoms with Crippen LogP contribution in [0.25, 0.3) is 0 Å². The van der Waals surface area contributed by atoms with Crippen molar-refractivity contribution in [2.24, 2.45) is 0 Å². The lowest BCUT2D eigenvalue weighted by Crippen LogP contribution is -2.40. The summed E-state index contributed by atoms with van der Waals surface area (Å²) in [5.41, 5.74) is 1.24. The van der Waals surface area contributed by atoms with Crippen molar-refractivity contribution in [3.8, 4) is 23.0 Å². The first kappa shape index (κ1) is 20.8. The van der Waals surface area contributed by atoms with E-state index in [1.54, 1.807) is 0 Å². The predicted molar refractivity (Wildman–Crippen MR) is 117 cm³/mol. The molecule has 2 aliphatic rings. The summed E-state index contributed by atoms with van der Waals surface area (Å²) in [4.78, 5) is 0. The lowest BCUT2D eigenvalue weighted by Gasteiger charge is -2.37. The fraction of sp³-hybridized carbons (Fsp3) is 0.455. The lowest BCUT2D eigenvalue weighted by molar-refractivity contribution is -0.121. The molecule has 29 heavy (non-hydrogen) atoms. The van der Waals surface area contributed by atoms with Crippen LogP contribution in [-0.4, -0.2) is 24.8 Å². The van der Waals surface area contributed by atoms with Gasteiger partial charge in [-0.1, -0.05) is 31.9 Å². The minimum Gasteiger partial charge on any atom is -0.454 e. The highest BCUT2D eigenvalue weighted by Crippen LogP contribution is 2.44. The van der Waals surface area contributed by atoms with E-state index in [9.17, 15) is 0 Å². The maximum atomic E-state index is 6.63. The van der Waals surface area contributed by atoms with Gasteiger partial charge in [0.2, 0.25) is 13.6 Å². The van der Waals surface area contributed by atoms with Crippen LogP contribution in [0.4, 0.5) is 0 Å². The van der Waals surface area contributed by atoms with E-state index in [2.05, 4.69) is 59.6 Å². The molecule has 0 saturated carbocycles. The van der Waals surface area contributed by atoms with Crippen LogP contribution >= 0.6 is 31.9 Å². The topological polar surface area (TPSA) is 46.2 Å². The molecule has 2 aromatic carbocycles. The van der Waals surface area contributed by atoms with Gasteiger partial charge in [-0.05, 0) is 52.0 Å². The van der Waals surface area contributed by atoms with Gasteiger partial charge in [-0.15, -0.1) is 0 Å². The van der Waals surface area contributed by atoms with Crippen LogP contribution in [0.3, 0.4) is 0 Å². The Bertz CT molecular complexity index is 864. The Morgan fingerprint density at radius 1 is 0.724 bits per heavy atom. The third-order valence-corrected chi connectivity index (χ3v) is 6.41. The largest absolute Gasteiger partial charge is 0.454 e. The molecular formula is C22H24Br2O5. The number of benzene rings is 2. The van der Waals surface area contributed by atoms with Crippen LogP contribution in [0.5, 0.6) is 23.0 Å². The van der Waals surface area contributed by atoms with Crippen molar-refractivity contribution >= 4 is 31.9 Å². The van der Waals surface area contributed by atoms with Crippen LogP contribution in [0.1, 0.15) is 38.8 Å². The van der Waals surface area contributed by atoms with Gasteiger partial charge in [0.05, 0.1) is 11.2 Å². The number of hydrogen-bond acceptors (Lipinski definition) is 5. The minimum absolute atomic E-state index is 0.251. The first-order valence-corrected chi connectivity index (χ1v) is 11.1. The number of ether oxygens (including phenoxy) is 5. The Hall–Kier alpha value is -1.44. The van der Waals surface area contributed by atoms with Gasteiger partial charge < -0.3 is 23.7 Å². The summed E-state index contributed by atoms with van der Waals surface area (Å²) >= 11 is 7.30. The standard InChI is InChI=1S/C22H24Br2O5/c1-21(2,9-13-15(23)5-7-17-19(13)27-11-25-17)29-22(3,4)10-14-16(24)6-8-18-20(14)28-12-26-18/h5-8H,9-12H2,1-4H3. The minimum atomic E-state index is -0.436. The van der Waals surface area contributed by atoms with Gasteiger partial charge in [0.25, 0.3) is 0 Å². The molecule has 0 N–H and O–H groups in total. The van der Waals surface area contributed by atoms with Crippen molar-refractivity contribution in [3.63, 3.8) is 0 Å². The van der Waals surface area contributed by atoms with Crippen molar-refractivity contribution in [2.75, 3.05) is 13.6 Å². The highest BCUT2D eigenvalue weighted by Gasteiger charge is 2.34. The van der Waals surface area contributed by atoms with Crippen molar-refractivity contribution in [3.05, 3.63) is 44.3 Å². The molecule has 0 aliphatic carbocycles. The molecule has 0 atom stereocenters. The van der Waals surface area contributed by atoms with Gasteiger partial charge in [-0.2, -0.15) is 0 Å². The zero-order valence-corrected chi connectivity index (χ0v) is 20.1. The molecular weight excluding hydrogens is 504 g/mol. The average molecular weight is 528 g/mol. The van der Waals surface area contributed by atoms with Gasteiger partial charge in [-0.3, -0.25) is 0 Å². The summed E-state index contributed by atoms with van der Waals surface area (Å²) < 4.78 is 31.1. The van der Waals surface area contributed by atoms with Crippen LogP contribution in [0.2, 0.25) is 0 Å². The number of hydrogen-bond donors (Lipinski definition) is 0. The summed E-state index contributed by atoms with van der Waals surface area (Å²) in [6.07, 6.45) is 1.36. The molecule has 2 aliphatic heterocycles. The molecule has 5 nitrogen and oxygen atoms in total. The van der Waals surface area contributed by atoms with Crippen LogP contribution < -0.4 is 18.9 Å². The first-order chi connectivity index (χ1) is 13.7. The van der Waals surface area contributed by atoms with E-state index in [0.29, 0.717) is 12.8 Å². The molecule has 0 saturated heterocycles. The second-order valence-electron chi connectivity index (χ2n) is 8.49. The monoisotopic (exact) mass is 526 g/mol. The van der Waals surface area contributed by atoms with Crippen molar-refractivity contribution in [2.45, 2.75) is 51.7 Å². The quantitative estimate of drug-likeness (QED) is 0.459. The summed E-state index contributed by atoms with van der Waals surface area (Å²) in [7, 11) is 0. The van der Waals surface area contributed by atoms with E-state index in [4.69, 9.17) is 23.7 Å². The summed E-state index contributed by atoms with van der Waals surface area (Å²) in [6, 6.07) is 7.82. The zero-order chi connectivity index (χ0) is 20.8. The molecule has 0 radical (unpaired) electrons. The Morgan fingerprint density at radius 3 is 1.55 bits per heavy atom. The molecule has 0 aromatic heterocycles. The van der Waals surface area contributed by atoms with E-state index >= 15 is 0 Å². The van der Waals surface area contributed by atoms with E-state index in [0.717, 1.165) is 43.1 Å². The maximum Gasteiger partial charge on any atom is 0.231 e. The molecule has 0 amide bonds.